The van der Waals surface area contributed by atoms with Crippen molar-refractivity contribution < 1.29 is 9.53 Å². The van der Waals surface area contributed by atoms with E-state index >= 15 is 0 Å². The van der Waals surface area contributed by atoms with Gasteiger partial charge in [0.05, 0.1) is 17.7 Å². The highest BCUT2D eigenvalue weighted by Crippen LogP contribution is 2.57. The normalized spacial score (nSPS) is 39.4. The summed E-state index contributed by atoms with van der Waals surface area (Å²) in [6, 6.07) is 0. The first-order valence-corrected chi connectivity index (χ1v) is 4.60. The summed E-state index contributed by atoms with van der Waals surface area (Å²) < 4.78 is 5.60. The molecule has 2 atom stereocenters. The number of hydrogen-bond acceptors (Lipinski definition) is 2. The van der Waals surface area contributed by atoms with Gasteiger partial charge in [-0.05, 0) is 26.3 Å². The average Bonchev–Trinajstić information content (AvgIpc) is 2.71. The van der Waals surface area contributed by atoms with Gasteiger partial charge in [0.1, 0.15) is 0 Å². The van der Waals surface area contributed by atoms with Crippen LogP contribution in [-0.4, -0.2) is 23.7 Å². The Balaban J connectivity index is 2.14. The lowest BCUT2D eigenvalue weighted by atomic mass is 9.95. The second-order valence-electron chi connectivity index (χ2n) is 4.39. The van der Waals surface area contributed by atoms with Crippen molar-refractivity contribution in [2.45, 2.75) is 31.4 Å². The van der Waals surface area contributed by atoms with Gasteiger partial charge in [0, 0.05) is 5.92 Å². The maximum absolute atomic E-state index is 11.2. The predicted molar refractivity (Wildman–Crippen MR) is 49.2 cm³/mol. The molecule has 1 aliphatic heterocycles. The van der Waals surface area contributed by atoms with Crippen LogP contribution in [0.15, 0.2) is 12.7 Å². The summed E-state index contributed by atoms with van der Waals surface area (Å²) in [5.41, 5.74) is -0.339. The van der Waals surface area contributed by atoms with Gasteiger partial charge in [-0.1, -0.05) is 6.58 Å². The Bertz CT molecular complexity index is 272. The van der Waals surface area contributed by atoms with E-state index in [1.165, 1.54) is 6.08 Å². The molecular weight excluding hydrogens is 166 g/mol. The van der Waals surface area contributed by atoms with E-state index in [0.717, 1.165) is 13.0 Å². The Hall–Kier alpha value is -0.830. The molecule has 72 valence electrons. The first kappa shape index (κ1) is 8.75. The Morgan fingerprint density at radius 3 is 2.77 bits per heavy atom. The zero-order valence-electron chi connectivity index (χ0n) is 8.09. The number of nitrogens with one attached hydrogen (secondary N) is 1. The maximum atomic E-state index is 11.2. The average molecular weight is 181 g/mol. The topological polar surface area (TPSA) is 38.3 Å². The van der Waals surface area contributed by atoms with E-state index < -0.39 is 0 Å². The molecule has 3 nitrogen and oxygen atoms in total. The molecule has 0 radical (unpaired) electrons. The minimum absolute atomic E-state index is 0.0962. The summed E-state index contributed by atoms with van der Waals surface area (Å²) in [6.07, 6.45) is 2.36. The molecule has 0 bridgehead atoms. The molecule has 1 saturated heterocycles. The van der Waals surface area contributed by atoms with Crippen LogP contribution >= 0.6 is 0 Å². The zero-order valence-corrected chi connectivity index (χ0v) is 8.09. The van der Waals surface area contributed by atoms with E-state index in [9.17, 15) is 4.79 Å². The van der Waals surface area contributed by atoms with Gasteiger partial charge >= 0.3 is 0 Å². The third-order valence-electron chi connectivity index (χ3n) is 3.36. The number of hydrogen-bond donors (Lipinski definition) is 1. The van der Waals surface area contributed by atoms with Crippen LogP contribution in [0.25, 0.3) is 0 Å². The first-order valence-electron chi connectivity index (χ1n) is 4.60. The maximum Gasteiger partial charge on any atom is 0.243 e. The molecule has 0 aromatic rings. The first-order chi connectivity index (χ1) is 6.02. The number of rotatable bonds is 2. The minimum Gasteiger partial charge on any atom is -0.373 e. The molecule has 2 aliphatic rings. The highest BCUT2D eigenvalue weighted by Gasteiger charge is 2.69. The number of ether oxygens (including phenoxy) is 1. The fourth-order valence-corrected chi connectivity index (χ4v) is 2.28. The molecule has 1 amide bonds. The monoisotopic (exact) mass is 181 g/mol. The molecule has 3 heteroatoms. The second-order valence-corrected chi connectivity index (χ2v) is 4.39. The van der Waals surface area contributed by atoms with Gasteiger partial charge in [-0.2, -0.15) is 0 Å². The summed E-state index contributed by atoms with van der Waals surface area (Å²) in [4.78, 5) is 11.2. The van der Waals surface area contributed by atoms with E-state index in [0.29, 0.717) is 5.92 Å². The van der Waals surface area contributed by atoms with Crippen LogP contribution < -0.4 is 5.32 Å². The highest BCUT2D eigenvalue weighted by molar-refractivity contribution is 5.88. The number of carbonyl (C=O) groups excluding carboxylic acids is 1. The molecule has 1 aliphatic carbocycles. The largest absolute Gasteiger partial charge is 0.373 e. The van der Waals surface area contributed by atoms with Crippen molar-refractivity contribution in [3.8, 4) is 0 Å². The quantitative estimate of drug-likeness (QED) is 0.641. The Morgan fingerprint density at radius 1 is 1.69 bits per heavy atom. The lowest BCUT2D eigenvalue weighted by Gasteiger charge is -2.30. The third kappa shape index (κ3) is 1.03. The molecule has 1 N–H and O–H groups in total. The van der Waals surface area contributed by atoms with Crippen LogP contribution in [0.2, 0.25) is 0 Å². The summed E-state index contributed by atoms with van der Waals surface area (Å²) >= 11 is 0. The van der Waals surface area contributed by atoms with Crippen LogP contribution in [0.5, 0.6) is 0 Å². The van der Waals surface area contributed by atoms with Crippen LogP contribution in [0, 0.1) is 5.92 Å². The van der Waals surface area contributed by atoms with E-state index in [4.69, 9.17) is 4.74 Å². The van der Waals surface area contributed by atoms with Gasteiger partial charge < -0.3 is 10.1 Å². The molecule has 1 saturated carbocycles. The van der Waals surface area contributed by atoms with E-state index in [2.05, 4.69) is 11.9 Å². The van der Waals surface area contributed by atoms with E-state index in [1.54, 1.807) is 0 Å². The van der Waals surface area contributed by atoms with Gasteiger partial charge in [-0.3, -0.25) is 4.79 Å². The number of fused-ring (bicyclic) bond motifs is 1. The molecule has 0 aromatic heterocycles. The minimum atomic E-state index is -0.226. The van der Waals surface area contributed by atoms with E-state index in [-0.39, 0.29) is 17.0 Å². The predicted octanol–water partition coefficient (Wildman–Crippen LogP) is 0.856. The molecule has 1 heterocycles. The van der Waals surface area contributed by atoms with Crippen molar-refractivity contribution in [1.29, 1.82) is 0 Å². The third-order valence-corrected chi connectivity index (χ3v) is 3.36. The second kappa shape index (κ2) is 2.35. The van der Waals surface area contributed by atoms with Crippen molar-refractivity contribution >= 4 is 5.91 Å². The van der Waals surface area contributed by atoms with Crippen molar-refractivity contribution in [3.63, 3.8) is 0 Å². The van der Waals surface area contributed by atoms with Gasteiger partial charge in [-0.25, -0.2) is 0 Å². The lowest BCUT2D eigenvalue weighted by molar-refractivity contribution is -0.119. The van der Waals surface area contributed by atoms with Crippen LogP contribution in [0.1, 0.15) is 20.3 Å². The molecule has 0 aromatic carbocycles. The van der Waals surface area contributed by atoms with Crippen molar-refractivity contribution in [3.05, 3.63) is 12.7 Å². The Morgan fingerprint density at radius 2 is 2.38 bits per heavy atom. The fraction of sp³-hybridized carbons (Fsp3) is 0.700. The van der Waals surface area contributed by atoms with Crippen molar-refractivity contribution in [2.75, 3.05) is 6.61 Å². The Kier molecular flexibility index (Phi) is 1.58. The zero-order chi connectivity index (χ0) is 9.69. The molecule has 0 spiro atoms. The van der Waals surface area contributed by atoms with Crippen molar-refractivity contribution in [1.82, 2.24) is 5.32 Å². The Labute approximate surface area is 78.1 Å². The summed E-state index contributed by atoms with van der Waals surface area (Å²) in [7, 11) is 0. The molecule has 2 unspecified atom stereocenters. The molecular formula is C10H15NO2. The molecule has 13 heavy (non-hydrogen) atoms. The van der Waals surface area contributed by atoms with E-state index in [1.807, 2.05) is 13.8 Å². The van der Waals surface area contributed by atoms with Crippen LogP contribution in [-0.2, 0) is 9.53 Å². The fourth-order valence-electron chi connectivity index (χ4n) is 2.28. The van der Waals surface area contributed by atoms with Crippen molar-refractivity contribution in [2.24, 2.45) is 5.92 Å². The summed E-state index contributed by atoms with van der Waals surface area (Å²) in [6.45, 7) is 8.28. The van der Waals surface area contributed by atoms with Crippen LogP contribution in [0.3, 0.4) is 0 Å². The van der Waals surface area contributed by atoms with Gasteiger partial charge in [-0.15, -0.1) is 0 Å². The SMILES string of the molecule is C=CC(=O)NC12CC1COC2(C)C. The van der Waals surface area contributed by atoms with Gasteiger partial charge in [0.15, 0.2) is 0 Å². The summed E-state index contributed by atoms with van der Waals surface area (Å²) in [5.74, 6) is 0.410. The molecule has 2 fully saturated rings. The van der Waals surface area contributed by atoms with Gasteiger partial charge in [0.2, 0.25) is 5.91 Å². The lowest BCUT2D eigenvalue weighted by Crippen LogP contribution is -2.50. The van der Waals surface area contributed by atoms with Gasteiger partial charge in [0.25, 0.3) is 0 Å². The summed E-state index contributed by atoms with van der Waals surface area (Å²) in [5, 5.41) is 2.99. The highest BCUT2D eigenvalue weighted by atomic mass is 16.5. The number of amides is 1. The standard InChI is InChI=1S/C10H15NO2/c1-4-8(12)11-10-5-7(10)6-13-9(10,2)3/h4,7H,1,5-6H2,2-3H3,(H,11,12). The number of carbonyl (C=O) groups is 1. The smallest absolute Gasteiger partial charge is 0.243 e. The van der Waals surface area contributed by atoms with Crippen LogP contribution in [0.4, 0.5) is 0 Å². The molecule has 2 rings (SSSR count).